The quantitative estimate of drug-likeness (QED) is 0.847. The van der Waals surface area contributed by atoms with Crippen LogP contribution < -0.4 is 5.32 Å². The zero-order valence-corrected chi connectivity index (χ0v) is 11.3. The fraction of sp³-hybridized carbons (Fsp3) is 0.333. The highest BCUT2D eigenvalue weighted by atomic mass is 35.5. The Labute approximate surface area is 115 Å². The minimum Gasteiger partial charge on any atom is -0.466 e. The van der Waals surface area contributed by atoms with Crippen LogP contribution in [0.1, 0.15) is 19.8 Å². The van der Waals surface area contributed by atoms with Crippen LogP contribution in [0.2, 0.25) is 10.0 Å². The van der Waals surface area contributed by atoms with E-state index in [1.165, 1.54) is 0 Å². The molecule has 1 aromatic carbocycles. The molecule has 0 unspecified atom stereocenters. The number of carbonyl (C=O) groups is 2. The third kappa shape index (κ3) is 4.94. The molecule has 0 spiro atoms. The second-order valence-corrected chi connectivity index (χ2v) is 4.30. The largest absolute Gasteiger partial charge is 0.466 e. The van der Waals surface area contributed by atoms with E-state index in [1.54, 1.807) is 25.1 Å². The van der Waals surface area contributed by atoms with Gasteiger partial charge in [0.25, 0.3) is 0 Å². The molecule has 1 rings (SSSR count). The maximum absolute atomic E-state index is 11.5. The van der Waals surface area contributed by atoms with Gasteiger partial charge >= 0.3 is 5.97 Å². The van der Waals surface area contributed by atoms with Gasteiger partial charge in [-0.05, 0) is 25.1 Å². The first-order valence-corrected chi connectivity index (χ1v) is 6.19. The normalized spacial score (nSPS) is 9.94. The minimum absolute atomic E-state index is 0.0565. The monoisotopic (exact) mass is 289 g/mol. The van der Waals surface area contributed by atoms with Crippen LogP contribution in [0.5, 0.6) is 0 Å². The van der Waals surface area contributed by atoms with Gasteiger partial charge in [-0.1, -0.05) is 23.2 Å². The summed E-state index contributed by atoms with van der Waals surface area (Å²) in [6.07, 6.45) is 0.125. The Balaban J connectivity index is 2.44. The molecule has 98 valence electrons. The molecule has 0 radical (unpaired) electrons. The fourth-order valence-electron chi connectivity index (χ4n) is 1.25. The molecule has 1 N–H and O–H groups in total. The maximum atomic E-state index is 11.5. The van der Waals surface area contributed by atoms with Crippen molar-refractivity contribution in [3.8, 4) is 0 Å². The highest BCUT2D eigenvalue weighted by Gasteiger charge is 2.08. The lowest BCUT2D eigenvalue weighted by Gasteiger charge is -2.06. The van der Waals surface area contributed by atoms with E-state index in [4.69, 9.17) is 27.9 Å². The standard InChI is InChI=1S/C12H13Cl2NO3/c1-2-18-12(17)6-5-11(16)15-8-3-4-9(13)10(14)7-8/h3-4,7H,2,5-6H2,1H3,(H,15,16). The van der Waals surface area contributed by atoms with Gasteiger partial charge in [0.2, 0.25) is 5.91 Å². The summed E-state index contributed by atoms with van der Waals surface area (Å²) < 4.78 is 4.72. The first kappa shape index (κ1) is 14.8. The van der Waals surface area contributed by atoms with Crippen molar-refractivity contribution < 1.29 is 14.3 Å². The van der Waals surface area contributed by atoms with E-state index in [9.17, 15) is 9.59 Å². The average Bonchev–Trinajstić information content (AvgIpc) is 2.32. The SMILES string of the molecule is CCOC(=O)CCC(=O)Nc1ccc(Cl)c(Cl)c1. The van der Waals surface area contributed by atoms with Crippen LogP contribution in [0, 0.1) is 0 Å². The molecule has 0 atom stereocenters. The fourth-order valence-corrected chi connectivity index (χ4v) is 1.54. The molecule has 0 heterocycles. The Morgan fingerprint density at radius 1 is 1.22 bits per heavy atom. The van der Waals surface area contributed by atoms with Gasteiger partial charge in [0.05, 0.1) is 23.1 Å². The van der Waals surface area contributed by atoms with Gasteiger partial charge in [-0.15, -0.1) is 0 Å². The van der Waals surface area contributed by atoms with Crippen molar-refractivity contribution in [1.82, 2.24) is 0 Å². The zero-order valence-electron chi connectivity index (χ0n) is 9.83. The average molecular weight is 290 g/mol. The van der Waals surface area contributed by atoms with Crippen LogP contribution >= 0.6 is 23.2 Å². The molecule has 1 amide bonds. The number of esters is 1. The van der Waals surface area contributed by atoms with Gasteiger partial charge in [-0.25, -0.2) is 0 Å². The van der Waals surface area contributed by atoms with Crippen LogP contribution in [-0.4, -0.2) is 18.5 Å². The third-order valence-electron chi connectivity index (χ3n) is 2.06. The van der Waals surface area contributed by atoms with Crippen LogP contribution in [0.4, 0.5) is 5.69 Å². The van der Waals surface area contributed by atoms with E-state index < -0.39 is 0 Å². The van der Waals surface area contributed by atoms with Gasteiger partial charge in [-0.2, -0.15) is 0 Å². The number of amides is 1. The molecule has 0 aliphatic carbocycles. The molecule has 0 aliphatic heterocycles. The Kier molecular flexibility index (Phi) is 5.95. The summed E-state index contributed by atoms with van der Waals surface area (Å²) in [5.41, 5.74) is 0.540. The molecule has 18 heavy (non-hydrogen) atoms. The number of halogens is 2. The summed E-state index contributed by atoms with van der Waals surface area (Å²) in [6, 6.07) is 4.77. The molecular weight excluding hydrogens is 277 g/mol. The van der Waals surface area contributed by atoms with Crippen LogP contribution in [-0.2, 0) is 14.3 Å². The van der Waals surface area contributed by atoms with Crippen molar-refractivity contribution in [2.24, 2.45) is 0 Å². The molecule has 0 aromatic heterocycles. The number of hydrogen-bond acceptors (Lipinski definition) is 3. The first-order valence-electron chi connectivity index (χ1n) is 5.43. The smallest absolute Gasteiger partial charge is 0.306 e. The van der Waals surface area contributed by atoms with E-state index in [0.29, 0.717) is 22.3 Å². The Hall–Kier alpha value is -1.26. The van der Waals surface area contributed by atoms with E-state index in [1.807, 2.05) is 0 Å². The Morgan fingerprint density at radius 3 is 2.56 bits per heavy atom. The molecule has 1 aromatic rings. The maximum Gasteiger partial charge on any atom is 0.306 e. The highest BCUT2D eigenvalue weighted by Crippen LogP contribution is 2.25. The minimum atomic E-state index is -0.387. The van der Waals surface area contributed by atoms with E-state index in [0.717, 1.165) is 0 Å². The topological polar surface area (TPSA) is 55.4 Å². The van der Waals surface area contributed by atoms with Crippen molar-refractivity contribution in [1.29, 1.82) is 0 Å². The van der Waals surface area contributed by atoms with Gasteiger partial charge in [0.15, 0.2) is 0 Å². The summed E-state index contributed by atoms with van der Waals surface area (Å²) >= 11 is 11.6. The van der Waals surface area contributed by atoms with Crippen LogP contribution in [0.15, 0.2) is 18.2 Å². The molecule has 6 heteroatoms. The number of hydrogen-bond donors (Lipinski definition) is 1. The number of benzene rings is 1. The van der Waals surface area contributed by atoms with Gasteiger partial charge < -0.3 is 10.1 Å². The van der Waals surface area contributed by atoms with Crippen molar-refractivity contribution in [3.63, 3.8) is 0 Å². The molecule has 0 aliphatic rings. The predicted molar refractivity (Wildman–Crippen MR) is 71.0 cm³/mol. The van der Waals surface area contributed by atoms with E-state index >= 15 is 0 Å². The lowest BCUT2D eigenvalue weighted by Crippen LogP contribution is -2.14. The van der Waals surface area contributed by atoms with Gasteiger partial charge in [0, 0.05) is 12.1 Å². The predicted octanol–water partition coefficient (Wildman–Crippen LogP) is 3.28. The number of nitrogens with one attached hydrogen (secondary N) is 1. The van der Waals surface area contributed by atoms with Gasteiger partial charge in [-0.3, -0.25) is 9.59 Å². The van der Waals surface area contributed by atoms with Crippen molar-refractivity contribution >= 4 is 40.8 Å². The van der Waals surface area contributed by atoms with Crippen molar-refractivity contribution in [2.75, 3.05) is 11.9 Å². The Bertz CT molecular complexity index is 449. The summed E-state index contributed by atoms with van der Waals surface area (Å²) in [5.74, 6) is -0.664. The first-order chi connectivity index (χ1) is 8.52. The number of rotatable bonds is 5. The van der Waals surface area contributed by atoms with Crippen LogP contribution in [0.3, 0.4) is 0 Å². The van der Waals surface area contributed by atoms with Gasteiger partial charge in [0.1, 0.15) is 0 Å². The molecule has 0 bridgehead atoms. The summed E-state index contributed by atoms with van der Waals surface area (Å²) in [4.78, 5) is 22.6. The molecule has 0 fully saturated rings. The zero-order chi connectivity index (χ0) is 13.5. The summed E-state index contributed by atoms with van der Waals surface area (Å²) in [5, 5.41) is 3.40. The number of ether oxygens (including phenoxy) is 1. The molecule has 0 saturated heterocycles. The molecular formula is C12H13Cl2NO3. The number of anilines is 1. The lowest BCUT2D eigenvalue weighted by molar-refractivity contribution is -0.144. The van der Waals surface area contributed by atoms with E-state index in [-0.39, 0.29) is 24.7 Å². The van der Waals surface area contributed by atoms with Crippen molar-refractivity contribution in [2.45, 2.75) is 19.8 Å². The molecule has 4 nitrogen and oxygen atoms in total. The summed E-state index contributed by atoms with van der Waals surface area (Å²) in [6.45, 7) is 2.03. The second-order valence-electron chi connectivity index (χ2n) is 3.48. The number of carbonyl (C=O) groups excluding carboxylic acids is 2. The van der Waals surface area contributed by atoms with Crippen molar-refractivity contribution in [3.05, 3.63) is 28.2 Å². The summed E-state index contributed by atoms with van der Waals surface area (Å²) in [7, 11) is 0. The van der Waals surface area contributed by atoms with E-state index in [2.05, 4.69) is 5.32 Å². The highest BCUT2D eigenvalue weighted by molar-refractivity contribution is 6.42. The lowest BCUT2D eigenvalue weighted by atomic mass is 10.2. The van der Waals surface area contributed by atoms with Crippen LogP contribution in [0.25, 0.3) is 0 Å². The Morgan fingerprint density at radius 2 is 1.94 bits per heavy atom. The molecule has 0 saturated carbocycles. The second kappa shape index (κ2) is 7.24. The third-order valence-corrected chi connectivity index (χ3v) is 2.80.